The molecule has 1 aliphatic heterocycles. The molecule has 1 aromatic heterocycles. The Morgan fingerprint density at radius 3 is 2.51 bits per heavy atom. The van der Waals surface area contributed by atoms with Gasteiger partial charge in [0.05, 0.1) is 0 Å². The Bertz CT molecular complexity index is 1460. The molecule has 4 aromatic rings. The van der Waals surface area contributed by atoms with Crippen molar-refractivity contribution in [3.63, 3.8) is 0 Å². The van der Waals surface area contributed by atoms with Crippen molar-refractivity contribution < 1.29 is 27.4 Å². The fourth-order valence-electron chi connectivity index (χ4n) is 4.77. The third-order valence-electron chi connectivity index (χ3n) is 6.66. The van der Waals surface area contributed by atoms with Crippen LogP contribution in [-0.2, 0) is 19.4 Å². The van der Waals surface area contributed by atoms with Crippen LogP contribution in [-0.4, -0.2) is 35.4 Å². The zero-order chi connectivity index (χ0) is 28.7. The van der Waals surface area contributed by atoms with Gasteiger partial charge in [-0.15, -0.1) is 13.2 Å². The second kappa shape index (κ2) is 12.7. The lowest BCUT2D eigenvalue weighted by molar-refractivity contribution is -0.274. The van der Waals surface area contributed by atoms with Crippen molar-refractivity contribution in [1.82, 2.24) is 9.88 Å². The van der Waals surface area contributed by atoms with Crippen molar-refractivity contribution in [3.8, 4) is 17.4 Å². The van der Waals surface area contributed by atoms with Gasteiger partial charge in [0, 0.05) is 30.5 Å². The summed E-state index contributed by atoms with van der Waals surface area (Å²) in [7, 11) is 0. The molecule has 0 saturated carbocycles. The number of pyridine rings is 1. The van der Waals surface area contributed by atoms with Crippen LogP contribution in [0, 0.1) is 0 Å². The third kappa shape index (κ3) is 7.98. The van der Waals surface area contributed by atoms with Gasteiger partial charge in [0.2, 0.25) is 5.88 Å². The molecular formula is C31H29F3N4O3. The monoisotopic (exact) mass is 562 g/mol. The highest BCUT2D eigenvalue weighted by Crippen LogP contribution is 2.34. The fraction of sp³-hybridized carbons (Fsp3) is 0.226. The Kier molecular flexibility index (Phi) is 8.69. The molecule has 0 aliphatic carbocycles. The summed E-state index contributed by atoms with van der Waals surface area (Å²) >= 11 is 0. The number of aryl methyl sites for hydroxylation is 1. The Labute approximate surface area is 235 Å². The van der Waals surface area contributed by atoms with Crippen molar-refractivity contribution in [2.45, 2.75) is 32.2 Å². The number of fused-ring (bicyclic) bond motifs is 1. The van der Waals surface area contributed by atoms with Crippen LogP contribution in [0.3, 0.4) is 0 Å². The van der Waals surface area contributed by atoms with E-state index in [1.807, 2.05) is 18.2 Å². The van der Waals surface area contributed by atoms with Gasteiger partial charge in [0.1, 0.15) is 17.2 Å². The van der Waals surface area contributed by atoms with E-state index in [0.29, 0.717) is 11.4 Å². The van der Waals surface area contributed by atoms with Gasteiger partial charge in [-0.3, -0.25) is 4.90 Å². The van der Waals surface area contributed by atoms with Gasteiger partial charge in [0.25, 0.3) is 0 Å². The number of nitrogens with one attached hydrogen (secondary N) is 2. The maximum absolute atomic E-state index is 12.6. The molecule has 2 heterocycles. The largest absolute Gasteiger partial charge is 0.573 e. The van der Waals surface area contributed by atoms with Crippen LogP contribution in [0.2, 0.25) is 0 Å². The SMILES string of the molecule is O=C(Nc1ccc(OC(F)(F)F)cc1)Nc1cccnc1Oc1cccc2c1CCN(CCCc1ccccc1)C2. The summed E-state index contributed by atoms with van der Waals surface area (Å²) in [5, 5.41) is 5.28. The fourth-order valence-corrected chi connectivity index (χ4v) is 4.77. The Balaban J connectivity index is 1.19. The van der Waals surface area contributed by atoms with Crippen LogP contribution in [0.4, 0.5) is 29.3 Å². The first-order valence-electron chi connectivity index (χ1n) is 13.3. The minimum Gasteiger partial charge on any atom is -0.437 e. The molecule has 0 bridgehead atoms. The number of halogens is 3. The van der Waals surface area contributed by atoms with E-state index in [0.717, 1.165) is 56.6 Å². The second-order valence-electron chi connectivity index (χ2n) is 9.62. The number of alkyl halides is 3. The van der Waals surface area contributed by atoms with E-state index in [2.05, 4.69) is 55.6 Å². The van der Waals surface area contributed by atoms with Gasteiger partial charge in [0.15, 0.2) is 0 Å². The number of carbonyl (C=O) groups excluding carboxylic acids is 1. The first kappa shape index (κ1) is 28.0. The highest BCUT2D eigenvalue weighted by molar-refractivity contribution is 6.00. The zero-order valence-corrected chi connectivity index (χ0v) is 22.2. The van der Waals surface area contributed by atoms with E-state index in [-0.39, 0.29) is 17.3 Å². The quantitative estimate of drug-likeness (QED) is 0.222. The van der Waals surface area contributed by atoms with Crippen LogP contribution in [0.1, 0.15) is 23.1 Å². The van der Waals surface area contributed by atoms with Gasteiger partial charge in [-0.2, -0.15) is 0 Å². The van der Waals surface area contributed by atoms with Gasteiger partial charge < -0.3 is 20.1 Å². The first-order valence-corrected chi connectivity index (χ1v) is 13.3. The molecule has 5 rings (SSSR count). The molecule has 0 radical (unpaired) electrons. The Hall–Kier alpha value is -4.57. The lowest BCUT2D eigenvalue weighted by Gasteiger charge is -2.29. The van der Waals surface area contributed by atoms with Crippen LogP contribution in [0.25, 0.3) is 0 Å². The Morgan fingerprint density at radius 2 is 1.73 bits per heavy atom. The van der Waals surface area contributed by atoms with Crippen molar-refractivity contribution in [2.75, 3.05) is 23.7 Å². The Morgan fingerprint density at radius 1 is 0.927 bits per heavy atom. The van der Waals surface area contributed by atoms with Crippen molar-refractivity contribution in [2.24, 2.45) is 0 Å². The summed E-state index contributed by atoms with van der Waals surface area (Å²) in [4.78, 5) is 19.4. The predicted molar refractivity (Wildman–Crippen MR) is 150 cm³/mol. The molecule has 0 spiro atoms. The molecule has 41 heavy (non-hydrogen) atoms. The zero-order valence-electron chi connectivity index (χ0n) is 22.2. The molecule has 0 saturated heterocycles. The average molecular weight is 563 g/mol. The van der Waals surface area contributed by atoms with Gasteiger partial charge in [-0.1, -0.05) is 42.5 Å². The molecule has 0 fully saturated rings. The standard InChI is InChI=1S/C31H29F3N4O3/c32-31(33,34)41-25-15-13-24(14-16-25)36-30(39)37-27-11-5-18-35-29(27)40-28-12-4-10-23-21-38(20-17-26(23)28)19-6-9-22-7-2-1-3-8-22/h1-5,7-8,10-16,18H,6,9,17,19-21H2,(H2,36,37,39). The molecular weight excluding hydrogens is 533 g/mol. The van der Waals surface area contributed by atoms with Gasteiger partial charge >= 0.3 is 12.4 Å². The number of amides is 2. The summed E-state index contributed by atoms with van der Waals surface area (Å²) in [6, 6.07) is 24.0. The summed E-state index contributed by atoms with van der Waals surface area (Å²) in [5.74, 6) is 0.539. The van der Waals surface area contributed by atoms with E-state index >= 15 is 0 Å². The highest BCUT2D eigenvalue weighted by Gasteiger charge is 2.31. The minimum atomic E-state index is -4.79. The number of anilines is 2. The van der Waals surface area contributed by atoms with Crippen LogP contribution < -0.4 is 20.1 Å². The molecule has 2 N–H and O–H groups in total. The smallest absolute Gasteiger partial charge is 0.437 e. The lowest BCUT2D eigenvalue weighted by Crippen LogP contribution is -2.31. The van der Waals surface area contributed by atoms with E-state index in [1.165, 1.54) is 23.3 Å². The topological polar surface area (TPSA) is 75.7 Å². The summed E-state index contributed by atoms with van der Waals surface area (Å²) in [6.45, 7) is 2.77. The molecule has 2 amide bonds. The van der Waals surface area contributed by atoms with E-state index in [9.17, 15) is 18.0 Å². The van der Waals surface area contributed by atoms with Crippen molar-refractivity contribution in [3.05, 3.63) is 108 Å². The normalized spacial score (nSPS) is 13.2. The molecule has 7 nitrogen and oxygen atoms in total. The maximum Gasteiger partial charge on any atom is 0.573 e. The number of benzene rings is 3. The number of rotatable bonds is 9. The lowest BCUT2D eigenvalue weighted by atomic mass is 9.98. The number of aromatic nitrogens is 1. The number of hydrogen-bond acceptors (Lipinski definition) is 5. The minimum absolute atomic E-state index is 0.232. The van der Waals surface area contributed by atoms with Gasteiger partial charge in [-0.05, 0) is 79.4 Å². The highest BCUT2D eigenvalue weighted by atomic mass is 19.4. The number of carbonyl (C=O) groups is 1. The molecule has 3 aromatic carbocycles. The number of nitrogens with zero attached hydrogens (tertiary/aromatic N) is 2. The molecule has 212 valence electrons. The number of ether oxygens (including phenoxy) is 2. The van der Waals surface area contributed by atoms with Crippen LogP contribution in [0.15, 0.2) is 91.1 Å². The summed E-state index contributed by atoms with van der Waals surface area (Å²) in [5.41, 5.74) is 4.30. The van der Waals surface area contributed by atoms with Crippen LogP contribution in [0.5, 0.6) is 17.4 Å². The van der Waals surface area contributed by atoms with Crippen molar-refractivity contribution >= 4 is 17.4 Å². The molecule has 0 atom stereocenters. The molecule has 0 unspecified atom stereocenters. The van der Waals surface area contributed by atoms with Crippen molar-refractivity contribution in [1.29, 1.82) is 0 Å². The first-order chi connectivity index (χ1) is 19.8. The van der Waals surface area contributed by atoms with E-state index < -0.39 is 12.4 Å². The molecule has 10 heteroatoms. The number of urea groups is 1. The third-order valence-corrected chi connectivity index (χ3v) is 6.66. The predicted octanol–water partition coefficient (Wildman–Crippen LogP) is 7.41. The maximum atomic E-state index is 12.6. The number of hydrogen-bond donors (Lipinski definition) is 2. The van der Waals surface area contributed by atoms with E-state index in [1.54, 1.807) is 18.3 Å². The van der Waals surface area contributed by atoms with Crippen LogP contribution >= 0.6 is 0 Å². The van der Waals surface area contributed by atoms with Gasteiger partial charge in [-0.25, -0.2) is 9.78 Å². The summed E-state index contributed by atoms with van der Waals surface area (Å²) < 4.78 is 47.2. The molecule has 1 aliphatic rings. The second-order valence-corrected chi connectivity index (χ2v) is 9.62. The average Bonchev–Trinajstić information content (AvgIpc) is 2.95. The van der Waals surface area contributed by atoms with E-state index in [4.69, 9.17) is 4.74 Å². The summed E-state index contributed by atoms with van der Waals surface area (Å²) in [6.07, 6.45) is -0.244.